The normalized spacial score (nSPS) is 22.6. The Kier molecular flexibility index (Phi) is 5.91. The number of alkyl halides is 1. The molecule has 1 aliphatic heterocycles. The number of halogens is 1. The SMILES string of the molecule is CN(CCCl)C1CC(C(=O)C=O)N(Cc2ccccc2)C1. The maximum Gasteiger partial charge on any atom is 0.212 e. The summed E-state index contributed by atoms with van der Waals surface area (Å²) in [6.07, 6.45) is 1.14. The lowest BCUT2D eigenvalue weighted by Crippen LogP contribution is -2.37. The molecule has 0 N–H and O–H groups in total. The number of likely N-dealkylation sites (N-methyl/N-ethyl adjacent to an activating group) is 1. The first-order valence-electron chi connectivity index (χ1n) is 7.19. The van der Waals surface area contributed by atoms with Gasteiger partial charge in [0.05, 0.1) is 6.04 Å². The lowest BCUT2D eigenvalue weighted by atomic mass is 10.1. The lowest BCUT2D eigenvalue weighted by Gasteiger charge is -2.24. The molecule has 4 nitrogen and oxygen atoms in total. The molecule has 1 aliphatic rings. The van der Waals surface area contributed by atoms with Crippen molar-refractivity contribution in [3.63, 3.8) is 0 Å². The van der Waals surface area contributed by atoms with Crippen molar-refractivity contribution in [3.05, 3.63) is 35.9 Å². The fourth-order valence-electron chi connectivity index (χ4n) is 2.88. The van der Waals surface area contributed by atoms with Crippen molar-refractivity contribution in [2.75, 3.05) is 26.0 Å². The molecule has 1 aromatic carbocycles. The summed E-state index contributed by atoms with van der Waals surface area (Å²) in [5.41, 5.74) is 1.15. The highest BCUT2D eigenvalue weighted by atomic mass is 35.5. The molecule has 1 saturated heterocycles. The summed E-state index contributed by atoms with van der Waals surface area (Å²) >= 11 is 5.79. The van der Waals surface area contributed by atoms with Gasteiger partial charge in [0, 0.05) is 31.6 Å². The summed E-state index contributed by atoms with van der Waals surface area (Å²) < 4.78 is 0. The van der Waals surface area contributed by atoms with E-state index in [1.807, 2.05) is 37.4 Å². The lowest BCUT2D eigenvalue weighted by molar-refractivity contribution is -0.133. The third-order valence-corrected chi connectivity index (χ3v) is 4.28. The Morgan fingerprint density at radius 2 is 2.14 bits per heavy atom. The Balaban J connectivity index is 2.09. The quantitative estimate of drug-likeness (QED) is 0.435. The molecule has 2 unspecified atom stereocenters. The zero-order valence-electron chi connectivity index (χ0n) is 12.2. The minimum Gasteiger partial charge on any atom is -0.301 e. The summed E-state index contributed by atoms with van der Waals surface area (Å²) in [6.45, 7) is 2.26. The van der Waals surface area contributed by atoms with Gasteiger partial charge in [0.25, 0.3) is 0 Å². The van der Waals surface area contributed by atoms with Crippen molar-refractivity contribution in [2.24, 2.45) is 0 Å². The van der Waals surface area contributed by atoms with Gasteiger partial charge in [0.15, 0.2) is 6.29 Å². The van der Waals surface area contributed by atoms with Gasteiger partial charge in [-0.2, -0.15) is 0 Å². The monoisotopic (exact) mass is 308 g/mol. The molecule has 0 aromatic heterocycles. The van der Waals surface area contributed by atoms with Crippen LogP contribution in [-0.4, -0.2) is 60.0 Å². The number of likely N-dealkylation sites (tertiary alicyclic amines) is 1. The Labute approximate surface area is 130 Å². The molecule has 1 fully saturated rings. The molecule has 0 spiro atoms. The van der Waals surface area contributed by atoms with Crippen LogP contribution < -0.4 is 0 Å². The van der Waals surface area contributed by atoms with Crippen LogP contribution in [0, 0.1) is 0 Å². The number of Topliss-reactive ketones (excluding diaryl/α,β-unsaturated/α-hetero) is 1. The standard InChI is InChI=1S/C16H21ClN2O2/c1-18(8-7-17)14-9-15(16(21)12-20)19(11-14)10-13-5-3-2-4-6-13/h2-6,12,14-15H,7-11H2,1H3. The van der Waals surface area contributed by atoms with Gasteiger partial charge in [0.2, 0.25) is 5.78 Å². The van der Waals surface area contributed by atoms with E-state index in [1.54, 1.807) is 0 Å². The van der Waals surface area contributed by atoms with Crippen LogP contribution in [0.5, 0.6) is 0 Å². The molecule has 1 heterocycles. The van der Waals surface area contributed by atoms with E-state index >= 15 is 0 Å². The number of benzene rings is 1. The van der Waals surface area contributed by atoms with Gasteiger partial charge >= 0.3 is 0 Å². The van der Waals surface area contributed by atoms with E-state index in [4.69, 9.17) is 11.6 Å². The molecular formula is C16H21ClN2O2. The molecule has 2 rings (SSSR count). The summed E-state index contributed by atoms with van der Waals surface area (Å²) in [6, 6.07) is 9.97. The van der Waals surface area contributed by atoms with Gasteiger partial charge in [-0.15, -0.1) is 11.6 Å². The molecule has 114 valence electrons. The van der Waals surface area contributed by atoms with E-state index in [9.17, 15) is 9.59 Å². The van der Waals surface area contributed by atoms with Crippen LogP contribution in [0.2, 0.25) is 0 Å². The van der Waals surface area contributed by atoms with E-state index in [2.05, 4.69) is 9.80 Å². The third-order valence-electron chi connectivity index (χ3n) is 4.12. The first-order valence-corrected chi connectivity index (χ1v) is 7.72. The van der Waals surface area contributed by atoms with E-state index in [1.165, 1.54) is 0 Å². The van der Waals surface area contributed by atoms with Crippen LogP contribution in [-0.2, 0) is 16.1 Å². The van der Waals surface area contributed by atoms with Crippen LogP contribution in [0.25, 0.3) is 0 Å². The van der Waals surface area contributed by atoms with Crippen molar-refractivity contribution in [1.82, 2.24) is 9.80 Å². The van der Waals surface area contributed by atoms with Crippen molar-refractivity contribution in [1.29, 1.82) is 0 Å². The van der Waals surface area contributed by atoms with Crippen molar-refractivity contribution in [3.8, 4) is 0 Å². The molecule has 0 aliphatic carbocycles. The van der Waals surface area contributed by atoms with Crippen LogP contribution in [0.1, 0.15) is 12.0 Å². The second-order valence-electron chi connectivity index (χ2n) is 5.51. The fraction of sp³-hybridized carbons (Fsp3) is 0.500. The first-order chi connectivity index (χ1) is 10.2. The van der Waals surface area contributed by atoms with Gasteiger partial charge in [-0.3, -0.25) is 14.5 Å². The van der Waals surface area contributed by atoms with Gasteiger partial charge in [-0.25, -0.2) is 0 Å². The maximum atomic E-state index is 11.9. The summed E-state index contributed by atoms with van der Waals surface area (Å²) in [5.74, 6) is 0.241. The predicted molar refractivity (Wildman–Crippen MR) is 83.5 cm³/mol. The molecule has 0 bridgehead atoms. The van der Waals surface area contributed by atoms with Crippen molar-refractivity contribution >= 4 is 23.7 Å². The van der Waals surface area contributed by atoms with Crippen molar-refractivity contribution in [2.45, 2.75) is 25.0 Å². The molecule has 0 amide bonds. The number of aldehydes is 1. The maximum absolute atomic E-state index is 11.9. The Morgan fingerprint density at radius 1 is 1.43 bits per heavy atom. The van der Waals surface area contributed by atoms with E-state index in [-0.39, 0.29) is 17.9 Å². The van der Waals surface area contributed by atoms with Gasteiger partial charge < -0.3 is 4.90 Å². The Bertz CT molecular complexity index is 480. The first kappa shape index (κ1) is 16.1. The number of carbonyl (C=O) groups excluding carboxylic acids is 2. The number of rotatable bonds is 7. The van der Waals surface area contributed by atoms with Crippen LogP contribution >= 0.6 is 11.6 Å². The van der Waals surface area contributed by atoms with Gasteiger partial charge in [-0.05, 0) is 19.0 Å². The molecule has 0 radical (unpaired) electrons. The fourth-order valence-corrected chi connectivity index (χ4v) is 3.15. The highest BCUT2D eigenvalue weighted by Crippen LogP contribution is 2.24. The Morgan fingerprint density at radius 3 is 2.76 bits per heavy atom. The minimum atomic E-state index is -0.326. The summed E-state index contributed by atoms with van der Waals surface area (Å²) in [4.78, 5) is 27.0. The van der Waals surface area contributed by atoms with Crippen molar-refractivity contribution < 1.29 is 9.59 Å². The van der Waals surface area contributed by atoms with Crippen LogP contribution in [0.15, 0.2) is 30.3 Å². The largest absolute Gasteiger partial charge is 0.301 e. The molecule has 21 heavy (non-hydrogen) atoms. The second-order valence-corrected chi connectivity index (χ2v) is 5.89. The minimum absolute atomic E-state index is 0.265. The number of ketones is 1. The van der Waals surface area contributed by atoms with E-state index in [0.29, 0.717) is 25.1 Å². The zero-order chi connectivity index (χ0) is 15.2. The smallest absolute Gasteiger partial charge is 0.212 e. The van der Waals surface area contributed by atoms with E-state index < -0.39 is 0 Å². The number of hydrogen-bond acceptors (Lipinski definition) is 4. The second kappa shape index (κ2) is 7.69. The number of hydrogen-bond donors (Lipinski definition) is 0. The highest BCUT2D eigenvalue weighted by Gasteiger charge is 2.37. The van der Waals surface area contributed by atoms with Crippen LogP contribution in [0.3, 0.4) is 0 Å². The average molecular weight is 309 g/mol. The molecular weight excluding hydrogens is 288 g/mol. The zero-order valence-corrected chi connectivity index (χ0v) is 13.0. The highest BCUT2D eigenvalue weighted by molar-refractivity contribution is 6.27. The predicted octanol–water partition coefficient (Wildman–Crippen LogP) is 1.57. The summed E-state index contributed by atoms with van der Waals surface area (Å²) in [5, 5.41) is 0. The van der Waals surface area contributed by atoms with Gasteiger partial charge in [-0.1, -0.05) is 30.3 Å². The Hall–Kier alpha value is -1.23. The molecule has 0 saturated carbocycles. The third kappa shape index (κ3) is 4.13. The van der Waals surface area contributed by atoms with Crippen LogP contribution in [0.4, 0.5) is 0 Å². The number of nitrogens with zero attached hydrogens (tertiary/aromatic N) is 2. The van der Waals surface area contributed by atoms with E-state index in [0.717, 1.165) is 18.7 Å². The molecule has 5 heteroatoms. The summed E-state index contributed by atoms with van der Waals surface area (Å²) in [7, 11) is 2.02. The average Bonchev–Trinajstić information content (AvgIpc) is 2.92. The molecule has 1 aromatic rings. The molecule has 2 atom stereocenters. The number of carbonyl (C=O) groups is 2. The van der Waals surface area contributed by atoms with Gasteiger partial charge in [0.1, 0.15) is 0 Å². The topological polar surface area (TPSA) is 40.6 Å².